The molecule has 2 aromatic heterocycles. The van der Waals surface area contributed by atoms with E-state index in [0.717, 1.165) is 11.1 Å². The van der Waals surface area contributed by atoms with E-state index in [2.05, 4.69) is 9.97 Å². The van der Waals surface area contributed by atoms with Gasteiger partial charge in [0.25, 0.3) is 0 Å². The van der Waals surface area contributed by atoms with E-state index in [4.69, 9.17) is 0 Å². The van der Waals surface area contributed by atoms with Crippen LogP contribution in [0.15, 0.2) is 24.3 Å². The van der Waals surface area contributed by atoms with Crippen LogP contribution in [0.5, 0.6) is 0 Å². The molecule has 6 nitrogen and oxygen atoms in total. The molecule has 4 rings (SSSR count). The summed E-state index contributed by atoms with van der Waals surface area (Å²) in [6.07, 6.45) is -1.15. The van der Waals surface area contributed by atoms with Gasteiger partial charge in [0.15, 0.2) is 0 Å². The van der Waals surface area contributed by atoms with Crippen LogP contribution < -0.4 is 0 Å². The minimum absolute atomic E-state index is 0.492. The first kappa shape index (κ1) is 15.7. The summed E-state index contributed by atoms with van der Waals surface area (Å²) in [4.78, 5) is 8.98. The summed E-state index contributed by atoms with van der Waals surface area (Å²) in [5.41, 5.74) is 4.02. The highest BCUT2D eigenvalue weighted by molar-refractivity contribution is 5.56. The summed E-state index contributed by atoms with van der Waals surface area (Å²) in [6, 6.07) is 7.48. The maximum absolute atomic E-state index is 10.2. The van der Waals surface area contributed by atoms with E-state index in [1.54, 1.807) is 0 Å². The quantitative estimate of drug-likeness (QED) is 0.618. The maximum atomic E-state index is 10.2. The third-order valence-corrected chi connectivity index (χ3v) is 5.00. The highest BCUT2D eigenvalue weighted by Crippen LogP contribution is 2.33. The van der Waals surface area contributed by atoms with Crippen LogP contribution in [0.25, 0.3) is 11.4 Å². The van der Waals surface area contributed by atoms with Crippen LogP contribution in [-0.2, 0) is 12.8 Å². The fourth-order valence-electron chi connectivity index (χ4n) is 3.51. The largest absolute Gasteiger partial charge is 0.390 e. The van der Waals surface area contributed by atoms with Crippen LogP contribution in [0.1, 0.15) is 47.6 Å². The molecule has 0 bridgehead atoms. The molecular weight excluding hydrogens is 308 g/mol. The summed E-state index contributed by atoms with van der Waals surface area (Å²) in [5.74, 6) is 0. The van der Waals surface area contributed by atoms with E-state index in [0.29, 0.717) is 48.5 Å². The Kier molecular flexibility index (Phi) is 3.85. The van der Waals surface area contributed by atoms with Gasteiger partial charge in [0, 0.05) is 0 Å². The summed E-state index contributed by atoms with van der Waals surface area (Å²) >= 11 is 0. The van der Waals surface area contributed by atoms with E-state index < -0.39 is 24.4 Å². The molecule has 0 unspecified atom stereocenters. The van der Waals surface area contributed by atoms with E-state index in [1.807, 2.05) is 24.3 Å². The molecule has 126 valence electrons. The van der Waals surface area contributed by atoms with E-state index >= 15 is 0 Å². The fraction of sp³-hybridized carbons (Fsp3) is 0.444. The lowest BCUT2D eigenvalue weighted by Crippen LogP contribution is -2.27. The highest BCUT2D eigenvalue weighted by Gasteiger charge is 2.30. The Morgan fingerprint density at radius 1 is 0.667 bits per heavy atom. The van der Waals surface area contributed by atoms with Gasteiger partial charge in [-0.1, -0.05) is 12.1 Å². The molecule has 2 heterocycles. The molecule has 4 N–H and O–H groups in total. The van der Waals surface area contributed by atoms with Crippen molar-refractivity contribution in [1.82, 2.24) is 9.97 Å². The van der Waals surface area contributed by atoms with Gasteiger partial charge < -0.3 is 20.4 Å². The SMILES string of the molecule is O[C@@H]1c2nc(-c3ccc4c(n3)[C@@H](O)[C@@H](O)CC4)ccc2CC[C@@H]1O. The molecule has 6 heteroatoms. The van der Waals surface area contributed by atoms with Gasteiger partial charge in [0.05, 0.1) is 35.0 Å². The normalized spacial score (nSPS) is 29.0. The van der Waals surface area contributed by atoms with Crippen LogP contribution in [0.3, 0.4) is 0 Å². The van der Waals surface area contributed by atoms with Gasteiger partial charge in [0.1, 0.15) is 12.2 Å². The molecule has 0 saturated carbocycles. The minimum Gasteiger partial charge on any atom is -0.390 e. The molecule has 0 aromatic carbocycles. The topological polar surface area (TPSA) is 107 Å². The molecular formula is C18H20N2O4. The first-order chi connectivity index (χ1) is 11.5. The third-order valence-electron chi connectivity index (χ3n) is 5.00. The second kappa shape index (κ2) is 5.89. The average Bonchev–Trinajstić information content (AvgIpc) is 2.61. The zero-order chi connectivity index (χ0) is 16.8. The Hall–Kier alpha value is -1.86. The Balaban J connectivity index is 1.75. The van der Waals surface area contributed by atoms with E-state index in [9.17, 15) is 20.4 Å². The second-order valence-corrected chi connectivity index (χ2v) is 6.58. The average molecular weight is 328 g/mol. The lowest BCUT2D eigenvalue weighted by atomic mass is 9.90. The number of pyridine rings is 2. The van der Waals surface area contributed by atoms with Crippen LogP contribution in [-0.4, -0.2) is 42.6 Å². The van der Waals surface area contributed by atoms with Crippen LogP contribution in [0.4, 0.5) is 0 Å². The van der Waals surface area contributed by atoms with Crippen LogP contribution in [0.2, 0.25) is 0 Å². The van der Waals surface area contributed by atoms with Crippen molar-refractivity contribution < 1.29 is 20.4 Å². The van der Waals surface area contributed by atoms with Gasteiger partial charge in [-0.15, -0.1) is 0 Å². The van der Waals surface area contributed by atoms with Gasteiger partial charge in [-0.3, -0.25) is 0 Å². The molecule has 0 spiro atoms. The lowest BCUT2D eigenvalue weighted by molar-refractivity contribution is 0.00351. The molecule has 2 aliphatic rings. The van der Waals surface area contributed by atoms with Gasteiger partial charge in [-0.2, -0.15) is 0 Å². The molecule has 0 saturated heterocycles. The number of aromatic nitrogens is 2. The molecule has 0 fully saturated rings. The third kappa shape index (κ3) is 2.52. The molecule has 2 aliphatic carbocycles. The van der Waals surface area contributed by atoms with Crippen molar-refractivity contribution in [3.8, 4) is 11.4 Å². The Morgan fingerprint density at radius 3 is 1.50 bits per heavy atom. The Morgan fingerprint density at radius 2 is 1.08 bits per heavy atom. The first-order valence-electron chi connectivity index (χ1n) is 8.27. The maximum Gasteiger partial charge on any atom is 0.122 e. The number of aliphatic hydroxyl groups is 4. The summed E-state index contributed by atoms with van der Waals surface area (Å²) < 4.78 is 0. The molecule has 4 atom stereocenters. The molecule has 2 aromatic rings. The number of nitrogens with zero attached hydrogens (tertiary/aromatic N) is 2. The standard InChI is InChI=1S/C18H20N2O4/c21-13-7-3-9-1-5-11(19-15(9)17(13)23)12-6-2-10-4-8-14(22)18(24)16(10)20-12/h1-2,5-6,13-14,17-18,21-24H,3-4,7-8H2/t13-,14-,17-,18-/m0/s1. The van der Waals surface area contributed by atoms with Crippen molar-refractivity contribution in [3.63, 3.8) is 0 Å². The van der Waals surface area contributed by atoms with Gasteiger partial charge in [-0.25, -0.2) is 9.97 Å². The van der Waals surface area contributed by atoms with E-state index in [-0.39, 0.29) is 0 Å². The Labute approximate surface area is 139 Å². The Bertz CT molecular complexity index is 714. The van der Waals surface area contributed by atoms with Crippen molar-refractivity contribution in [2.24, 2.45) is 0 Å². The second-order valence-electron chi connectivity index (χ2n) is 6.58. The molecule has 0 aliphatic heterocycles. The number of hydrogen-bond acceptors (Lipinski definition) is 6. The van der Waals surface area contributed by atoms with Gasteiger partial charge in [0.2, 0.25) is 0 Å². The van der Waals surface area contributed by atoms with Crippen molar-refractivity contribution in [1.29, 1.82) is 0 Å². The van der Waals surface area contributed by atoms with Gasteiger partial charge >= 0.3 is 0 Å². The van der Waals surface area contributed by atoms with Crippen molar-refractivity contribution in [2.75, 3.05) is 0 Å². The molecule has 24 heavy (non-hydrogen) atoms. The fourth-order valence-corrected chi connectivity index (χ4v) is 3.51. The highest BCUT2D eigenvalue weighted by atomic mass is 16.3. The first-order valence-corrected chi connectivity index (χ1v) is 8.27. The predicted octanol–water partition coefficient (Wildman–Crippen LogP) is 0.825. The number of fused-ring (bicyclic) bond motifs is 2. The summed E-state index contributed by atoms with van der Waals surface area (Å²) in [6.45, 7) is 0. The van der Waals surface area contributed by atoms with Crippen molar-refractivity contribution >= 4 is 0 Å². The van der Waals surface area contributed by atoms with Crippen LogP contribution >= 0.6 is 0 Å². The predicted molar refractivity (Wildman–Crippen MR) is 86.0 cm³/mol. The number of rotatable bonds is 1. The van der Waals surface area contributed by atoms with E-state index in [1.165, 1.54) is 0 Å². The lowest BCUT2D eigenvalue weighted by Gasteiger charge is -2.27. The smallest absolute Gasteiger partial charge is 0.122 e. The monoisotopic (exact) mass is 328 g/mol. The zero-order valence-corrected chi connectivity index (χ0v) is 13.1. The summed E-state index contributed by atoms with van der Waals surface area (Å²) in [5, 5.41) is 40.0. The number of hydrogen-bond donors (Lipinski definition) is 4. The molecule has 0 amide bonds. The minimum atomic E-state index is -0.987. The summed E-state index contributed by atoms with van der Waals surface area (Å²) in [7, 11) is 0. The number of aliphatic hydroxyl groups excluding tert-OH is 4. The van der Waals surface area contributed by atoms with Crippen molar-refractivity contribution in [3.05, 3.63) is 46.8 Å². The number of aryl methyl sites for hydroxylation is 2. The van der Waals surface area contributed by atoms with Gasteiger partial charge in [-0.05, 0) is 48.9 Å². The van der Waals surface area contributed by atoms with Crippen LogP contribution in [0, 0.1) is 0 Å². The van der Waals surface area contributed by atoms with Crippen molar-refractivity contribution in [2.45, 2.75) is 50.1 Å². The zero-order valence-electron chi connectivity index (χ0n) is 13.1. The molecule has 0 radical (unpaired) electrons.